The van der Waals surface area contributed by atoms with E-state index in [1.807, 2.05) is 0 Å². The first-order valence-corrected chi connectivity index (χ1v) is 11.0. The number of aliphatic hydroxyl groups is 1. The normalized spacial score (nSPS) is 31.2. The Morgan fingerprint density at radius 3 is 2.64 bits per heavy atom. The average molecular weight is 394 g/mol. The number of epoxide rings is 1. The number of aliphatic carboxylic acids is 1. The molecule has 0 aromatic heterocycles. The van der Waals surface area contributed by atoms with Crippen LogP contribution in [0, 0.1) is 11.8 Å². The fourth-order valence-corrected chi connectivity index (χ4v) is 5.03. The largest absolute Gasteiger partial charge is 0.479 e. The first-order chi connectivity index (χ1) is 13.5. The van der Waals surface area contributed by atoms with Crippen molar-refractivity contribution >= 4 is 11.8 Å². The Balaban J connectivity index is 1.34. The standard InChI is InChI=1S/C22H35NO5/c1-14-9-10-15(6-4-5-11-23-16-7-2-3-8-16)17(14)12-19-20(28-19)13-18(24)21(25)22(26)27/h15-17,19-21,23,25H,1-13H2,(H,26,27)/t15-,17-,19+,20?,21?/m0/s1. The highest BCUT2D eigenvalue weighted by molar-refractivity contribution is 6.01. The van der Waals surface area contributed by atoms with Crippen molar-refractivity contribution in [3.63, 3.8) is 0 Å². The zero-order valence-electron chi connectivity index (χ0n) is 16.8. The van der Waals surface area contributed by atoms with Crippen LogP contribution in [-0.2, 0) is 14.3 Å². The van der Waals surface area contributed by atoms with Gasteiger partial charge in [-0.05, 0) is 63.3 Å². The second-order valence-electron chi connectivity index (χ2n) is 8.85. The number of allylic oxidation sites excluding steroid dienone is 1. The van der Waals surface area contributed by atoms with Crippen molar-refractivity contribution in [3.05, 3.63) is 12.2 Å². The second kappa shape index (κ2) is 9.99. The van der Waals surface area contributed by atoms with Crippen LogP contribution in [0.2, 0.25) is 0 Å². The number of ether oxygens (including phenoxy) is 1. The van der Waals surface area contributed by atoms with E-state index in [2.05, 4.69) is 11.9 Å². The zero-order chi connectivity index (χ0) is 20.1. The van der Waals surface area contributed by atoms with Crippen molar-refractivity contribution in [1.82, 2.24) is 5.32 Å². The number of unbranched alkanes of at least 4 members (excludes halogenated alkanes) is 1. The van der Waals surface area contributed by atoms with Crippen LogP contribution in [0.1, 0.15) is 70.6 Å². The second-order valence-corrected chi connectivity index (χ2v) is 8.85. The van der Waals surface area contributed by atoms with Crippen LogP contribution in [0.15, 0.2) is 12.2 Å². The molecule has 1 aliphatic heterocycles. The molecule has 1 saturated heterocycles. The molecule has 158 valence electrons. The van der Waals surface area contributed by atoms with Crippen molar-refractivity contribution < 1.29 is 24.5 Å². The molecule has 0 spiro atoms. The number of carboxylic acids is 1. The number of nitrogens with one attached hydrogen (secondary N) is 1. The van der Waals surface area contributed by atoms with E-state index in [9.17, 15) is 14.7 Å². The Morgan fingerprint density at radius 1 is 1.18 bits per heavy atom. The fourth-order valence-electron chi connectivity index (χ4n) is 5.03. The summed E-state index contributed by atoms with van der Waals surface area (Å²) in [4.78, 5) is 22.4. The van der Waals surface area contributed by atoms with Gasteiger partial charge in [-0.1, -0.05) is 31.4 Å². The maximum absolute atomic E-state index is 11.7. The van der Waals surface area contributed by atoms with Gasteiger partial charge in [-0.15, -0.1) is 0 Å². The van der Waals surface area contributed by atoms with Crippen LogP contribution in [0.3, 0.4) is 0 Å². The van der Waals surface area contributed by atoms with Crippen molar-refractivity contribution in [2.75, 3.05) is 6.54 Å². The van der Waals surface area contributed by atoms with Crippen LogP contribution >= 0.6 is 0 Å². The Labute approximate surface area is 167 Å². The average Bonchev–Trinajstić information content (AvgIpc) is 3.03. The summed E-state index contributed by atoms with van der Waals surface area (Å²) in [5, 5.41) is 21.7. The van der Waals surface area contributed by atoms with Gasteiger partial charge in [0.2, 0.25) is 6.10 Å². The van der Waals surface area contributed by atoms with Crippen LogP contribution in [0.4, 0.5) is 0 Å². The van der Waals surface area contributed by atoms with Gasteiger partial charge in [0.15, 0.2) is 5.78 Å². The molecule has 1 heterocycles. The van der Waals surface area contributed by atoms with E-state index in [0.29, 0.717) is 11.8 Å². The summed E-state index contributed by atoms with van der Waals surface area (Å²) in [6.45, 7) is 5.36. The Morgan fingerprint density at radius 2 is 1.93 bits per heavy atom. The van der Waals surface area contributed by atoms with Crippen molar-refractivity contribution in [3.8, 4) is 0 Å². The number of Topliss-reactive ketones (excluding diaryl/α,β-unsaturated/α-hetero) is 1. The molecule has 3 N–H and O–H groups in total. The molecule has 0 amide bonds. The number of rotatable bonds is 12. The number of carboxylic acid groups (broad SMARTS) is 1. The highest BCUT2D eigenvalue weighted by Gasteiger charge is 2.45. The van der Waals surface area contributed by atoms with E-state index >= 15 is 0 Å². The maximum atomic E-state index is 11.7. The van der Waals surface area contributed by atoms with Gasteiger partial charge in [-0.3, -0.25) is 4.79 Å². The van der Waals surface area contributed by atoms with Crippen LogP contribution in [0.25, 0.3) is 0 Å². The number of hydrogen-bond donors (Lipinski definition) is 3. The molecule has 2 unspecified atom stereocenters. The number of hydrogen-bond acceptors (Lipinski definition) is 5. The highest BCUT2D eigenvalue weighted by Crippen LogP contribution is 2.45. The lowest BCUT2D eigenvalue weighted by molar-refractivity contribution is -0.152. The third-order valence-electron chi connectivity index (χ3n) is 6.83. The van der Waals surface area contributed by atoms with E-state index in [4.69, 9.17) is 9.84 Å². The number of carbonyl (C=O) groups excluding carboxylic acids is 1. The first kappa shape index (κ1) is 21.5. The fraction of sp³-hybridized carbons (Fsp3) is 0.818. The molecule has 5 atom stereocenters. The Bertz CT molecular complexity index is 571. The topological polar surface area (TPSA) is 99.2 Å². The van der Waals surface area contributed by atoms with Gasteiger partial charge >= 0.3 is 5.97 Å². The smallest absolute Gasteiger partial charge is 0.340 e. The monoisotopic (exact) mass is 393 g/mol. The van der Waals surface area contributed by atoms with Gasteiger partial charge in [0.1, 0.15) is 0 Å². The molecule has 3 aliphatic rings. The van der Waals surface area contributed by atoms with Gasteiger partial charge in [-0.25, -0.2) is 4.79 Å². The van der Waals surface area contributed by atoms with Crippen molar-refractivity contribution in [1.29, 1.82) is 0 Å². The summed E-state index contributed by atoms with van der Waals surface area (Å²) >= 11 is 0. The minimum absolute atomic E-state index is 0.00340. The lowest BCUT2D eigenvalue weighted by atomic mass is 9.85. The van der Waals surface area contributed by atoms with Gasteiger partial charge in [-0.2, -0.15) is 0 Å². The summed E-state index contributed by atoms with van der Waals surface area (Å²) in [6, 6.07) is 0.741. The molecule has 2 aliphatic carbocycles. The summed E-state index contributed by atoms with van der Waals surface area (Å²) in [5.41, 5.74) is 1.29. The van der Waals surface area contributed by atoms with Crippen LogP contribution in [-0.4, -0.2) is 52.9 Å². The van der Waals surface area contributed by atoms with Crippen LogP contribution in [0.5, 0.6) is 0 Å². The molecular weight excluding hydrogens is 358 g/mol. The SMILES string of the molecule is C=C1CC[C@H](CCCCNC2CCCC2)[C@H]1C[C@H]1OC1CC(=O)C(O)C(=O)O. The highest BCUT2D eigenvalue weighted by atomic mass is 16.6. The van der Waals surface area contributed by atoms with Crippen LogP contribution < -0.4 is 5.32 Å². The molecular formula is C22H35NO5. The molecule has 28 heavy (non-hydrogen) atoms. The van der Waals surface area contributed by atoms with Crippen molar-refractivity contribution in [2.24, 2.45) is 11.8 Å². The maximum Gasteiger partial charge on any atom is 0.340 e. The zero-order valence-corrected chi connectivity index (χ0v) is 16.8. The molecule has 6 nitrogen and oxygen atoms in total. The number of ketones is 1. The number of aliphatic hydroxyl groups excluding tert-OH is 1. The third-order valence-corrected chi connectivity index (χ3v) is 6.83. The van der Waals surface area contributed by atoms with Gasteiger partial charge in [0, 0.05) is 12.5 Å². The molecule has 0 aromatic rings. The lowest BCUT2D eigenvalue weighted by Gasteiger charge is -2.20. The van der Waals surface area contributed by atoms with Gasteiger partial charge < -0.3 is 20.3 Å². The Kier molecular flexibility index (Phi) is 7.66. The van der Waals surface area contributed by atoms with Crippen molar-refractivity contribution in [2.45, 2.75) is 95.0 Å². The molecule has 0 aromatic carbocycles. The van der Waals surface area contributed by atoms with Gasteiger partial charge in [0.05, 0.1) is 12.2 Å². The molecule has 0 radical (unpaired) electrons. The first-order valence-electron chi connectivity index (χ1n) is 11.0. The van der Waals surface area contributed by atoms with Gasteiger partial charge in [0.25, 0.3) is 0 Å². The van der Waals surface area contributed by atoms with E-state index in [-0.39, 0.29) is 18.6 Å². The summed E-state index contributed by atoms with van der Waals surface area (Å²) < 4.78 is 5.60. The van der Waals surface area contributed by atoms with E-state index in [1.54, 1.807) is 0 Å². The minimum atomic E-state index is -1.93. The predicted molar refractivity (Wildman–Crippen MR) is 106 cm³/mol. The summed E-state index contributed by atoms with van der Waals surface area (Å²) in [6.07, 6.45) is 9.99. The molecule has 3 rings (SSSR count). The Hall–Kier alpha value is -1.24. The summed E-state index contributed by atoms with van der Waals surface area (Å²) in [5.74, 6) is -1.08. The minimum Gasteiger partial charge on any atom is -0.479 e. The molecule has 2 saturated carbocycles. The number of carbonyl (C=O) groups is 2. The quantitative estimate of drug-likeness (QED) is 0.204. The molecule has 6 heteroatoms. The van der Waals surface area contributed by atoms with E-state index in [0.717, 1.165) is 25.4 Å². The molecule has 3 fully saturated rings. The molecule has 0 bridgehead atoms. The summed E-state index contributed by atoms with van der Waals surface area (Å²) in [7, 11) is 0. The lowest BCUT2D eigenvalue weighted by Crippen LogP contribution is -2.30. The van der Waals surface area contributed by atoms with E-state index in [1.165, 1.54) is 56.9 Å². The van der Waals surface area contributed by atoms with E-state index < -0.39 is 17.9 Å². The predicted octanol–water partition coefficient (Wildman–Crippen LogP) is 2.83. The third kappa shape index (κ3) is 5.88.